The summed E-state index contributed by atoms with van der Waals surface area (Å²) in [7, 11) is 3.51. The van der Waals surface area contributed by atoms with Crippen LogP contribution in [0.2, 0.25) is 0 Å². The number of carbonyl (C=O) groups excluding carboxylic acids is 2. The Bertz CT molecular complexity index is 799. The van der Waals surface area contributed by atoms with Gasteiger partial charge in [0.15, 0.2) is 0 Å². The van der Waals surface area contributed by atoms with Crippen molar-refractivity contribution in [3.05, 3.63) is 71.8 Å². The van der Waals surface area contributed by atoms with Crippen molar-refractivity contribution in [2.45, 2.75) is 11.8 Å². The molecule has 0 aromatic heterocycles. The van der Waals surface area contributed by atoms with Crippen LogP contribution >= 0.6 is 0 Å². The quantitative estimate of drug-likeness (QED) is 0.751. The van der Waals surface area contributed by atoms with Crippen LogP contribution in [0.5, 0.6) is 0 Å². The fourth-order valence-electron chi connectivity index (χ4n) is 4.90. The molecule has 1 heterocycles. The van der Waals surface area contributed by atoms with Crippen LogP contribution in [0.25, 0.3) is 0 Å². The molecular formula is C24H28N2O3. The second kappa shape index (κ2) is 8.37. The summed E-state index contributed by atoms with van der Waals surface area (Å²) in [6.45, 7) is 3.23. The average molecular weight is 392 g/mol. The van der Waals surface area contributed by atoms with E-state index in [1.165, 1.54) is 7.11 Å². The van der Waals surface area contributed by atoms with E-state index in [0.717, 1.165) is 37.3 Å². The molecule has 4 rings (SSSR count). The van der Waals surface area contributed by atoms with Gasteiger partial charge in [-0.25, -0.2) is 0 Å². The summed E-state index contributed by atoms with van der Waals surface area (Å²) in [5.74, 6) is -1.03. The van der Waals surface area contributed by atoms with Crippen LogP contribution in [0.1, 0.15) is 23.0 Å². The third-order valence-corrected chi connectivity index (χ3v) is 6.49. The van der Waals surface area contributed by atoms with E-state index >= 15 is 0 Å². The Morgan fingerprint density at radius 2 is 1.28 bits per heavy atom. The number of ether oxygens (including phenoxy) is 1. The molecule has 1 amide bonds. The number of hydrogen-bond donors (Lipinski definition) is 0. The van der Waals surface area contributed by atoms with Gasteiger partial charge < -0.3 is 14.5 Å². The van der Waals surface area contributed by atoms with Gasteiger partial charge in [0.05, 0.1) is 18.9 Å². The monoisotopic (exact) mass is 392 g/mol. The molecular weight excluding hydrogens is 364 g/mol. The Morgan fingerprint density at radius 3 is 1.72 bits per heavy atom. The smallest absolute Gasteiger partial charge is 0.309 e. The maximum absolute atomic E-state index is 13.7. The normalized spacial score (nSPS) is 27.2. The molecule has 29 heavy (non-hydrogen) atoms. The Kier molecular flexibility index (Phi) is 5.67. The SMILES string of the molecule is COC(=O)C1[C@H](c2ccccc2)C(C(=O)N2CCN(C)CC2)[C@H]1c1ccccc1. The first-order chi connectivity index (χ1) is 14.1. The van der Waals surface area contributed by atoms with Gasteiger partial charge in [-0.1, -0.05) is 60.7 Å². The molecule has 1 aliphatic carbocycles. The van der Waals surface area contributed by atoms with Crippen molar-refractivity contribution in [2.75, 3.05) is 40.3 Å². The van der Waals surface area contributed by atoms with Gasteiger partial charge in [0.1, 0.15) is 0 Å². The number of carbonyl (C=O) groups is 2. The third-order valence-electron chi connectivity index (χ3n) is 6.49. The lowest BCUT2D eigenvalue weighted by Crippen LogP contribution is -2.57. The first-order valence-electron chi connectivity index (χ1n) is 10.3. The zero-order valence-corrected chi connectivity index (χ0v) is 17.0. The molecule has 2 aromatic carbocycles. The van der Waals surface area contributed by atoms with E-state index in [9.17, 15) is 9.59 Å². The lowest BCUT2D eigenvalue weighted by atomic mass is 9.52. The minimum absolute atomic E-state index is 0.154. The Labute approximate surface area is 172 Å². The molecule has 1 saturated heterocycles. The lowest BCUT2D eigenvalue weighted by molar-refractivity contribution is -0.160. The Morgan fingerprint density at radius 1 is 0.793 bits per heavy atom. The zero-order valence-electron chi connectivity index (χ0n) is 17.0. The zero-order chi connectivity index (χ0) is 20.4. The number of benzene rings is 2. The number of methoxy groups -OCH3 is 1. The highest BCUT2D eigenvalue weighted by atomic mass is 16.5. The predicted octanol–water partition coefficient (Wildman–Crippen LogP) is 2.75. The second-order valence-corrected chi connectivity index (χ2v) is 8.08. The van der Waals surface area contributed by atoms with Crippen molar-refractivity contribution in [3.63, 3.8) is 0 Å². The predicted molar refractivity (Wildman–Crippen MR) is 111 cm³/mol. The molecule has 0 radical (unpaired) electrons. The second-order valence-electron chi connectivity index (χ2n) is 8.08. The molecule has 2 atom stereocenters. The average Bonchev–Trinajstić information content (AvgIpc) is 2.75. The van der Waals surface area contributed by atoms with E-state index < -0.39 is 0 Å². The number of piperazine rings is 1. The summed E-state index contributed by atoms with van der Waals surface area (Å²) in [6.07, 6.45) is 0. The van der Waals surface area contributed by atoms with Gasteiger partial charge in [-0.3, -0.25) is 9.59 Å². The standard InChI is InChI=1S/C24H28N2O3/c1-25-13-15-26(16-14-25)23(27)21-19(17-9-5-3-6-10-17)22(24(28)29-2)20(21)18-11-7-4-8-12-18/h3-12,19-22H,13-16H2,1-2H3/t19-,20-,21?,22?/m1/s1. The molecule has 0 spiro atoms. The van der Waals surface area contributed by atoms with Crippen LogP contribution in [0.4, 0.5) is 0 Å². The number of rotatable bonds is 4. The van der Waals surface area contributed by atoms with Crippen LogP contribution < -0.4 is 0 Å². The maximum atomic E-state index is 13.7. The highest BCUT2D eigenvalue weighted by molar-refractivity contribution is 5.88. The van der Waals surface area contributed by atoms with Crippen LogP contribution in [-0.4, -0.2) is 62.0 Å². The number of likely N-dealkylation sites (N-methyl/N-ethyl adjacent to an activating group) is 1. The summed E-state index contributed by atoms with van der Waals surface area (Å²) >= 11 is 0. The molecule has 2 fully saturated rings. The van der Waals surface area contributed by atoms with Crippen molar-refractivity contribution in [1.82, 2.24) is 9.80 Å². The summed E-state index contributed by atoms with van der Waals surface area (Å²) in [5, 5.41) is 0. The first kappa shape index (κ1) is 19.6. The van der Waals surface area contributed by atoms with E-state index in [4.69, 9.17) is 4.74 Å². The highest BCUT2D eigenvalue weighted by Gasteiger charge is 2.59. The third kappa shape index (κ3) is 3.67. The van der Waals surface area contributed by atoms with Gasteiger partial charge in [0, 0.05) is 38.0 Å². The van der Waals surface area contributed by atoms with Crippen molar-refractivity contribution < 1.29 is 14.3 Å². The van der Waals surface area contributed by atoms with Gasteiger partial charge in [-0.15, -0.1) is 0 Å². The largest absolute Gasteiger partial charge is 0.469 e. The molecule has 1 saturated carbocycles. The molecule has 1 aliphatic heterocycles. The highest BCUT2D eigenvalue weighted by Crippen LogP contribution is 2.58. The number of hydrogen-bond acceptors (Lipinski definition) is 4. The molecule has 2 aliphatic rings. The Balaban J connectivity index is 1.72. The maximum Gasteiger partial charge on any atom is 0.309 e. The first-order valence-corrected chi connectivity index (χ1v) is 10.3. The van der Waals surface area contributed by atoms with Crippen LogP contribution in [0, 0.1) is 11.8 Å². The van der Waals surface area contributed by atoms with Crippen LogP contribution in [-0.2, 0) is 14.3 Å². The minimum atomic E-state index is -0.355. The van der Waals surface area contributed by atoms with E-state index in [2.05, 4.69) is 11.9 Å². The van der Waals surface area contributed by atoms with Crippen molar-refractivity contribution >= 4 is 11.9 Å². The van der Waals surface area contributed by atoms with E-state index in [1.807, 2.05) is 65.6 Å². The summed E-state index contributed by atoms with van der Waals surface area (Å²) in [4.78, 5) is 30.7. The number of nitrogens with zero attached hydrogens (tertiary/aromatic N) is 2. The number of esters is 1. The minimum Gasteiger partial charge on any atom is -0.469 e. The van der Waals surface area contributed by atoms with Crippen molar-refractivity contribution in [2.24, 2.45) is 11.8 Å². The van der Waals surface area contributed by atoms with Crippen LogP contribution in [0.3, 0.4) is 0 Å². The fraction of sp³-hybridized carbons (Fsp3) is 0.417. The number of amides is 1. The van der Waals surface area contributed by atoms with Gasteiger partial charge in [-0.05, 0) is 18.2 Å². The summed E-state index contributed by atoms with van der Waals surface area (Å²) < 4.78 is 5.17. The van der Waals surface area contributed by atoms with Gasteiger partial charge in [-0.2, -0.15) is 0 Å². The molecule has 0 N–H and O–H groups in total. The van der Waals surface area contributed by atoms with Crippen molar-refractivity contribution in [3.8, 4) is 0 Å². The van der Waals surface area contributed by atoms with Gasteiger partial charge in [0.25, 0.3) is 0 Å². The molecule has 5 nitrogen and oxygen atoms in total. The summed E-state index contributed by atoms with van der Waals surface area (Å²) in [5.41, 5.74) is 2.06. The van der Waals surface area contributed by atoms with Gasteiger partial charge in [0.2, 0.25) is 5.91 Å². The molecule has 2 aromatic rings. The van der Waals surface area contributed by atoms with Crippen LogP contribution in [0.15, 0.2) is 60.7 Å². The molecule has 5 heteroatoms. The topological polar surface area (TPSA) is 49.9 Å². The van der Waals surface area contributed by atoms with Gasteiger partial charge >= 0.3 is 5.97 Å². The molecule has 0 bridgehead atoms. The van der Waals surface area contributed by atoms with E-state index in [-0.39, 0.29) is 35.5 Å². The fourth-order valence-corrected chi connectivity index (χ4v) is 4.90. The lowest BCUT2D eigenvalue weighted by Gasteiger charge is -2.52. The summed E-state index contributed by atoms with van der Waals surface area (Å²) in [6, 6.07) is 19.9. The van der Waals surface area contributed by atoms with E-state index in [0.29, 0.717) is 0 Å². The van der Waals surface area contributed by atoms with E-state index in [1.54, 1.807) is 0 Å². The molecule has 0 unspecified atom stereocenters. The Hall–Kier alpha value is -2.66. The molecule has 152 valence electrons. The van der Waals surface area contributed by atoms with Crippen molar-refractivity contribution in [1.29, 1.82) is 0 Å².